The van der Waals surface area contributed by atoms with Crippen molar-refractivity contribution in [2.75, 3.05) is 13.2 Å². The summed E-state index contributed by atoms with van der Waals surface area (Å²) in [6.07, 6.45) is -0.00906. The molecule has 0 aliphatic rings. The molecule has 192 valence electrons. The Hall–Kier alpha value is -1.35. The molecule has 0 aliphatic heterocycles. The minimum atomic E-state index is -1.95. The van der Waals surface area contributed by atoms with Gasteiger partial charge in [0.25, 0.3) is 8.32 Å². The normalized spacial score (nSPS) is 14.5. The molecule has 34 heavy (non-hydrogen) atoms. The average Bonchev–Trinajstić information content (AvgIpc) is 2.69. The van der Waals surface area contributed by atoms with Gasteiger partial charge in [0.05, 0.1) is 6.10 Å². The summed E-state index contributed by atoms with van der Waals surface area (Å²) in [5, 5.41) is 6.02. The first-order valence-corrected chi connectivity index (χ1v) is 18.5. The average molecular weight is 504 g/mol. The molecule has 0 saturated carbocycles. The fraction of sp³-hybridized carbons (Fsp3) is 0.643. The minimum Gasteiger partial charge on any atom is -0.543 e. The van der Waals surface area contributed by atoms with Gasteiger partial charge >= 0.3 is 0 Å². The first kappa shape index (κ1) is 28.9. The van der Waals surface area contributed by atoms with Gasteiger partial charge in [0.1, 0.15) is 18.1 Å². The van der Waals surface area contributed by atoms with Gasteiger partial charge in [-0.2, -0.15) is 0 Å². The molecule has 0 saturated heterocycles. The number of ether oxygens (including phenoxy) is 1. The van der Waals surface area contributed by atoms with Crippen LogP contribution in [-0.2, 0) is 4.43 Å². The summed E-state index contributed by atoms with van der Waals surface area (Å²) in [7, 11) is -3.87. The highest BCUT2D eigenvalue weighted by Gasteiger charge is 2.40. The maximum absolute atomic E-state index is 6.75. The summed E-state index contributed by atoms with van der Waals surface area (Å²) in [4.78, 5) is 0. The molecule has 0 fully saturated rings. The molecule has 1 N–H and O–H groups in total. The molecular weight excluding hydrogens is 454 g/mol. The predicted molar refractivity (Wildman–Crippen MR) is 152 cm³/mol. The second kappa shape index (κ2) is 10.7. The molecule has 0 bridgehead atoms. The zero-order chi connectivity index (χ0) is 25.9. The molecule has 2 rings (SSSR count). The van der Waals surface area contributed by atoms with Crippen LogP contribution in [-0.4, -0.2) is 41.9 Å². The molecule has 2 aromatic rings. The van der Waals surface area contributed by atoms with E-state index in [1.54, 1.807) is 0 Å². The lowest BCUT2D eigenvalue weighted by molar-refractivity contribution is 0.113. The molecule has 0 aromatic heterocycles. The number of fused-ring (bicyclic) bond motifs is 1. The zero-order valence-electron chi connectivity index (χ0n) is 23.8. The fourth-order valence-electron chi connectivity index (χ4n) is 3.16. The van der Waals surface area contributed by atoms with Gasteiger partial charge < -0.3 is 18.9 Å². The second-order valence-corrected chi connectivity index (χ2v) is 22.3. The molecule has 0 aliphatic carbocycles. The Balaban J connectivity index is 2.30. The van der Waals surface area contributed by atoms with Gasteiger partial charge in [0, 0.05) is 23.4 Å². The number of benzene rings is 2. The van der Waals surface area contributed by atoms with Crippen LogP contribution in [0.4, 0.5) is 0 Å². The maximum atomic E-state index is 6.75. The summed E-state index contributed by atoms with van der Waals surface area (Å²) in [6.45, 7) is 28.4. The molecule has 2 aromatic carbocycles. The predicted octanol–water partition coefficient (Wildman–Crippen LogP) is 7.99. The first-order chi connectivity index (χ1) is 15.4. The van der Waals surface area contributed by atoms with Crippen molar-refractivity contribution < 1.29 is 13.6 Å². The standard InChI is InChI=1S/C28H49NO3Si2/c1-21(2)29-19-22(31-33(9,10)27(3,4)5)20-30-25-17-18-26(24-16-14-13-15-23(24)25)32-34(11,12)28(6,7)8/h13-18,21-22,29H,19-20H2,1-12H3. The van der Waals surface area contributed by atoms with Crippen molar-refractivity contribution >= 4 is 27.4 Å². The van der Waals surface area contributed by atoms with Gasteiger partial charge in [0.15, 0.2) is 8.32 Å². The third-order valence-corrected chi connectivity index (χ3v) is 16.3. The number of hydrogen-bond donors (Lipinski definition) is 1. The van der Waals surface area contributed by atoms with Crippen molar-refractivity contribution in [3.8, 4) is 11.5 Å². The lowest BCUT2D eigenvalue weighted by Gasteiger charge is -2.39. The van der Waals surface area contributed by atoms with Crippen molar-refractivity contribution in [3.63, 3.8) is 0 Å². The van der Waals surface area contributed by atoms with E-state index in [2.05, 4.69) is 123 Å². The maximum Gasteiger partial charge on any atom is 0.250 e. The quantitative estimate of drug-likeness (QED) is 0.333. The SMILES string of the molecule is CC(C)NCC(COc1ccc(O[Si](C)(C)C(C)(C)C)c2ccccc12)O[Si](C)(C)C(C)(C)C. The Morgan fingerprint density at radius 3 is 1.76 bits per heavy atom. The van der Waals surface area contributed by atoms with Gasteiger partial charge in [-0.3, -0.25) is 0 Å². The second-order valence-electron chi connectivity index (χ2n) is 12.8. The van der Waals surface area contributed by atoms with Crippen LogP contribution in [0.1, 0.15) is 55.4 Å². The van der Waals surface area contributed by atoms with Crippen LogP contribution in [0.2, 0.25) is 36.3 Å². The molecule has 1 atom stereocenters. The van der Waals surface area contributed by atoms with Gasteiger partial charge in [0.2, 0.25) is 0 Å². The van der Waals surface area contributed by atoms with Crippen LogP contribution in [0.15, 0.2) is 36.4 Å². The highest BCUT2D eigenvalue weighted by atomic mass is 28.4. The Morgan fingerprint density at radius 1 is 0.765 bits per heavy atom. The largest absolute Gasteiger partial charge is 0.543 e. The molecular formula is C28H49NO3Si2. The number of nitrogens with one attached hydrogen (secondary N) is 1. The molecule has 4 nitrogen and oxygen atoms in total. The summed E-state index contributed by atoms with van der Waals surface area (Å²) >= 11 is 0. The van der Waals surface area contributed by atoms with Crippen molar-refractivity contribution in [3.05, 3.63) is 36.4 Å². The Labute approximate surface area is 211 Å². The summed E-state index contributed by atoms with van der Waals surface area (Å²) in [5.74, 6) is 1.83. The smallest absolute Gasteiger partial charge is 0.250 e. The number of hydrogen-bond acceptors (Lipinski definition) is 4. The van der Waals surface area contributed by atoms with Crippen LogP contribution in [0, 0.1) is 0 Å². The van der Waals surface area contributed by atoms with Crippen LogP contribution in [0.3, 0.4) is 0 Å². The highest BCUT2D eigenvalue weighted by molar-refractivity contribution is 6.75. The minimum absolute atomic E-state index is 0.00906. The van der Waals surface area contributed by atoms with Crippen molar-refractivity contribution in [1.82, 2.24) is 5.32 Å². The van der Waals surface area contributed by atoms with Gasteiger partial charge in [-0.1, -0.05) is 79.7 Å². The van der Waals surface area contributed by atoms with Gasteiger partial charge in [-0.15, -0.1) is 0 Å². The van der Waals surface area contributed by atoms with Crippen molar-refractivity contribution in [1.29, 1.82) is 0 Å². The van der Waals surface area contributed by atoms with E-state index in [4.69, 9.17) is 13.6 Å². The zero-order valence-corrected chi connectivity index (χ0v) is 25.8. The van der Waals surface area contributed by atoms with E-state index in [0.29, 0.717) is 12.6 Å². The summed E-state index contributed by atoms with van der Waals surface area (Å²) in [6, 6.07) is 12.9. The molecule has 6 heteroatoms. The lowest BCUT2D eigenvalue weighted by Crippen LogP contribution is -2.48. The summed E-state index contributed by atoms with van der Waals surface area (Å²) < 4.78 is 19.9. The fourth-order valence-corrected chi connectivity index (χ4v) is 5.54. The molecule has 1 unspecified atom stereocenters. The molecule has 0 radical (unpaired) electrons. The van der Waals surface area contributed by atoms with Gasteiger partial charge in [-0.25, -0.2) is 0 Å². The van der Waals surface area contributed by atoms with Crippen LogP contribution in [0.5, 0.6) is 11.5 Å². The number of rotatable bonds is 10. The van der Waals surface area contributed by atoms with E-state index in [1.165, 1.54) is 0 Å². The molecule has 0 heterocycles. The Morgan fingerprint density at radius 2 is 1.26 bits per heavy atom. The van der Waals surface area contributed by atoms with Crippen molar-refractivity contribution in [2.24, 2.45) is 0 Å². The van der Waals surface area contributed by atoms with Crippen molar-refractivity contribution in [2.45, 2.75) is 104 Å². The highest BCUT2D eigenvalue weighted by Crippen LogP contribution is 2.41. The summed E-state index contributed by atoms with van der Waals surface area (Å²) in [5.41, 5.74) is 0. The third kappa shape index (κ3) is 7.33. The topological polar surface area (TPSA) is 39.7 Å². The molecule has 0 spiro atoms. The van der Waals surface area contributed by atoms with E-state index >= 15 is 0 Å². The van der Waals surface area contributed by atoms with E-state index in [0.717, 1.165) is 28.8 Å². The first-order valence-electron chi connectivity index (χ1n) is 12.7. The van der Waals surface area contributed by atoms with Crippen LogP contribution in [0.25, 0.3) is 10.8 Å². The lowest BCUT2D eigenvalue weighted by atomic mass is 10.1. The van der Waals surface area contributed by atoms with E-state index in [-0.39, 0.29) is 16.2 Å². The van der Waals surface area contributed by atoms with Crippen LogP contribution >= 0.6 is 0 Å². The monoisotopic (exact) mass is 503 g/mol. The van der Waals surface area contributed by atoms with Gasteiger partial charge in [-0.05, 0) is 48.4 Å². The van der Waals surface area contributed by atoms with E-state index < -0.39 is 16.6 Å². The third-order valence-electron chi connectivity index (χ3n) is 7.46. The Kier molecular flexibility index (Phi) is 9.12. The van der Waals surface area contributed by atoms with E-state index in [9.17, 15) is 0 Å². The molecule has 0 amide bonds. The Bertz CT molecular complexity index is 943. The van der Waals surface area contributed by atoms with E-state index in [1.807, 2.05) is 0 Å². The van der Waals surface area contributed by atoms with Crippen LogP contribution < -0.4 is 14.5 Å².